The maximum atomic E-state index is 6.84. The van der Waals surface area contributed by atoms with Crippen LogP contribution in [0, 0.1) is 16.2 Å². The van der Waals surface area contributed by atoms with Gasteiger partial charge in [0.25, 0.3) is 0 Å². The highest BCUT2D eigenvalue weighted by molar-refractivity contribution is 5.74. The van der Waals surface area contributed by atoms with Crippen molar-refractivity contribution in [2.24, 2.45) is 22.0 Å². The van der Waals surface area contributed by atoms with Crippen molar-refractivity contribution in [3.63, 3.8) is 0 Å². The van der Waals surface area contributed by atoms with Crippen LogP contribution in [0.5, 0.6) is 0 Å². The molecule has 0 radical (unpaired) electrons. The van der Waals surface area contributed by atoms with Crippen LogP contribution in [-0.4, -0.2) is 6.04 Å². The zero-order valence-corrected chi connectivity index (χ0v) is 14.3. The lowest BCUT2D eigenvalue weighted by Gasteiger charge is -2.57. The molecular formula is C20H29N. The Hall–Kier alpha value is -1.34. The molecule has 0 heterocycles. The molecule has 0 aromatic heterocycles. The van der Waals surface area contributed by atoms with Gasteiger partial charge >= 0.3 is 0 Å². The fourth-order valence-corrected chi connectivity index (χ4v) is 4.22. The lowest BCUT2D eigenvalue weighted by atomic mass is 9.48. The fourth-order valence-electron chi connectivity index (χ4n) is 4.22. The minimum Gasteiger partial charge on any atom is -0.323 e. The van der Waals surface area contributed by atoms with Gasteiger partial charge in [0.1, 0.15) is 0 Å². The van der Waals surface area contributed by atoms with E-state index in [1.54, 1.807) is 0 Å². The Bertz CT molecular complexity index is 536. The van der Waals surface area contributed by atoms with E-state index in [-0.39, 0.29) is 22.3 Å². The molecule has 0 saturated heterocycles. The summed E-state index contributed by atoms with van der Waals surface area (Å²) in [4.78, 5) is 0. The molecule has 1 aromatic rings. The van der Waals surface area contributed by atoms with Crippen molar-refractivity contribution in [2.75, 3.05) is 0 Å². The fraction of sp³-hybridized carbons (Fsp3) is 0.500. The second kappa shape index (κ2) is 5.14. The normalized spacial score (nSPS) is 22.0. The number of benzene rings is 1. The Balaban J connectivity index is 2.58. The van der Waals surface area contributed by atoms with E-state index in [4.69, 9.17) is 5.73 Å². The van der Waals surface area contributed by atoms with Gasteiger partial charge in [-0.25, -0.2) is 0 Å². The van der Waals surface area contributed by atoms with Gasteiger partial charge in [0.05, 0.1) is 0 Å². The summed E-state index contributed by atoms with van der Waals surface area (Å²) < 4.78 is 0. The maximum Gasteiger partial charge on any atom is 0.0403 e. The largest absolute Gasteiger partial charge is 0.323 e. The van der Waals surface area contributed by atoms with Crippen molar-refractivity contribution in [2.45, 2.75) is 47.6 Å². The first-order valence-corrected chi connectivity index (χ1v) is 7.82. The van der Waals surface area contributed by atoms with Crippen molar-refractivity contribution in [1.82, 2.24) is 0 Å². The van der Waals surface area contributed by atoms with Crippen LogP contribution >= 0.6 is 0 Å². The van der Waals surface area contributed by atoms with Crippen LogP contribution in [0.15, 0.2) is 48.6 Å². The molecule has 0 fully saturated rings. The molecule has 114 valence electrons. The molecule has 1 unspecified atom stereocenters. The second-order valence-corrected chi connectivity index (χ2v) is 8.19. The number of allylic oxidation sites excluding steroid dienone is 2. The molecule has 0 saturated carbocycles. The van der Waals surface area contributed by atoms with Gasteiger partial charge < -0.3 is 5.73 Å². The van der Waals surface area contributed by atoms with Crippen molar-refractivity contribution in [1.29, 1.82) is 0 Å². The van der Waals surface area contributed by atoms with E-state index < -0.39 is 0 Å². The summed E-state index contributed by atoms with van der Waals surface area (Å²) in [6, 6.07) is 10.5. The molecule has 1 aliphatic carbocycles. The lowest BCUT2D eigenvalue weighted by molar-refractivity contribution is 0.00720. The summed E-state index contributed by atoms with van der Waals surface area (Å²) in [7, 11) is 0. The molecule has 21 heavy (non-hydrogen) atoms. The number of nitrogens with two attached hydrogens (primary N) is 1. The highest BCUT2D eigenvalue weighted by Gasteiger charge is 2.54. The summed E-state index contributed by atoms with van der Waals surface area (Å²) >= 11 is 0. The van der Waals surface area contributed by atoms with Crippen LogP contribution in [0.1, 0.15) is 47.1 Å². The molecule has 0 spiro atoms. The standard InChI is InChI=1S/C20H29N/c1-18(2,3)20(19(4,5)6)14-10-13-16(17(20)21)15-11-8-7-9-12-15/h7-14,17H,21H2,1-6H3. The lowest BCUT2D eigenvalue weighted by Crippen LogP contribution is -2.57. The molecular weight excluding hydrogens is 254 g/mol. The third kappa shape index (κ3) is 2.48. The van der Waals surface area contributed by atoms with Gasteiger partial charge in [0.15, 0.2) is 0 Å². The molecule has 1 nitrogen and oxygen atoms in total. The molecule has 0 aliphatic heterocycles. The van der Waals surface area contributed by atoms with Gasteiger partial charge in [-0.05, 0) is 22.0 Å². The van der Waals surface area contributed by atoms with Crippen LogP contribution < -0.4 is 5.73 Å². The van der Waals surface area contributed by atoms with Crippen molar-refractivity contribution in [3.05, 3.63) is 54.1 Å². The molecule has 2 N–H and O–H groups in total. The highest BCUT2D eigenvalue weighted by atomic mass is 14.8. The van der Waals surface area contributed by atoms with E-state index in [1.807, 2.05) is 0 Å². The van der Waals surface area contributed by atoms with Crippen LogP contribution in [0.25, 0.3) is 5.57 Å². The van der Waals surface area contributed by atoms with E-state index in [0.29, 0.717) is 0 Å². The van der Waals surface area contributed by atoms with E-state index in [1.165, 1.54) is 11.1 Å². The van der Waals surface area contributed by atoms with E-state index in [2.05, 4.69) is 90.1 Å². The minimum atomic E-state index is -0.0834. The Labute approximate surface area is 129 Å². The predicted octanol–water partition coefficient (Wildman–Crippen LogP) is 5.05. The van der Waals surface area contributed by atoms with Crippen LogP contribution in [0.4, 0.5) is 0 Å². The Morgan fingerprint density at radius 1 is 0.905 bits per heavy atom. The summed E-state index contributed by atoms with van der Waals surface area (Å²) in [5.41, 5.74) is 9.38. The number of hydrogen-bond acceptors (Lipinski definition) is 1. The smallest absolute Gasteiger partial charge is 0.0403 e. The van der Waals surface area contributed by atoms with Gasteiger partial charge in [-0.15, -0.1) is 0 Å². The van der Waals surface area contributed by atoms with E-state index in [9.17, 15) is 0 Å². The van der Waals surface area contributed by atoms with Gasteiger partial charge in [0, 0.05) is 11.5 Å². The van der Waals surface area contributed by atoms with Crippen molar-refractivity contribution >= 4 is 5.57 Å². The Morgan fingerprint density at radius 2 is 1.43 bits per heavy atom. The molecule has 1 heteroatoms. The summed E-state index contributed by atoms with van der Waals surface area (Å²) in [5, 5.41) is 0. The van der Waals surface area contributed by atoms with Crippen LogP contribution in [-0.2, 0) is 0 Å². The van der Waals surface area contributed by atoms with Gasteiger partial charge in [-0.2, -0.15) is 0 Å². The molecule has 1 aromatic carbocycles. The summed E-state index contributed by atoms with van der Waals surface area (Å²) in [6.07, 6.45) is 6.71. The third-order valence-electron chi connectivity index (χ3n) is 5.05. The first kappa shape index (κ1) is 16.0. The zero-order valence-electron chi connectivity index (χ0n) is 14.3. The van der Waals surface area contributed by atoms with Crippen molar-refractivity contribution < 1.29 is 0 Å². The van der Waals surface area contributed by atoms with E-state index >= 15 is 0 Å². The molecule has 1 atom stereocenters. The molecule has 0 amide bonds. The summed E-state index contributed by atoms with van der Waals surface area (Å²) in [5.74, 6) is 0. The molecule has 0 bridgehead atoms. The topological polar surface area (TPSA) is 26.0 Å². The van der Waals surface area contributed by atoms with Crippen LogP contribution in [0.2, 0.25) is 0 Å². The van der Waals surface area contributed by atoms with E-state index in [0.717, 1.165) is 0 Å². The Morgan fingerprint density at radius 3 is 1.90 bits per heavy atom. The quantitative estimate of drug-likeness (QED) is 0.767. The second-order valence-electron chi connectivity index (χ2n) is 8.19. The number of hydrogen-bond donors (Lipinski definition) is 1. The third-order valence-corrected chi connectivity index (χ3v) is 5.05. The zero-order chi connectivity index (χ0) is 15.9. The van der Waals surface area contributed by atoms with Crippen molar-refractivity contribution in [3.8, 4) is 0 Å². The first-order valence-electron chi connectivity index (χ1n) is 7.82. The average molecular weight is 283 g/mol. The minimum absolute atomic E-state index is 0.00935. The Kier molecular flexibility index (Phi) is 3.92. The molecule has 2 rings (SSSR count). The predicted molar refractivity (Wildman–Crippen MR) is 92.9 cm³/mol. The molecule has 1 aliphatic rings. The highest BCUT2D eigenvalue weighted by Crippen LogP contribution is 2.57. The average Bonchev–Trinajstić information content (AvgIpc) is 2.37. The maximum absolute atomic E-state index is 6.84. The first-order chi connectivity index (χ1) is 9.61. The summed E-state index contributed by atoms with van der Waals surface area (Å²) in [6.45, 7) is 13.8. The van der Waals surface area contributed by atoms with Gasteiger partial charge in [-0.3, -0.25) is 0 Å². The van der Waals surface area contributed by atoms with Gasteiger partial charge in [0.2, 0.25) is 0 Å². The SMILES string of the molecule is CC(C)(C)C1(C(C)(C)C)C=CC=C(c2ccccc2)C1N. The van der Waals surface area contributed by atoms with Crippen LogP contribution in [0.3, 0.4) is 0 Å². The van der Waals surface area contributed by atoms with Gasteiger partial charge in [-0.1, -0.05) is 90.1 Å². The monoisotopic (exact) mass is 283 g/mol. The number of rotatable bonds is 1.